The lowest BCUT2D eigenvalue weighted by molar-refractivity contribution is 0.686. The van der Waals surface area contributed by atoms with Gasteiger partial charge < -0.3 is 10.3 Å². The molecule has 0 fully saturated rings. The second kappa shape index (κ2) is 4.84. The summed E-state index contributed by atoms with van der Waals surface area (Å²) in [5.41, 5.74) is 5.47. The lowest BCUT2D eigenvalue weighted by atomic mass is 9.90. The number of nitrogens with zero attached hydrogens (tertiary/aromatic N) is 1. The third-order valence-electron chi connectivity index (χ3n) is 3.62. The Balaban J connectivity index is 1.76. The lowest BCUT2D eigenvalue weighted by Gasteiger charge is -2.19. The van der Waals surface area contributed by atoms with Gasteiger partial charge in [0.2, 0.25) is 0 Å². The summed E-state index contributed by atoms with van der Waals surface area (Å²) in [7, 11) is 0. The van der Waals surface area contributed by atoms with Crippen LogP contribution in [0.5, 0.6) is 0 Å². The van der Waals surface area contributed by atoms with Gasteiger partial charge in [0.25, 0.3) is 0 Å². The molecular formula is C15H19N3. The Kier molecular flexibility index (Phi) is 3.05. The molecule has 0 bridgehead atoms. The molecule has 18 heavy (non-hydrogen) atoms. The molecule has 1 aliphatic rings. The molecular weight excluding hydrogens is 222 g/mol. The van der Waals surface area contributed by atoms with Crippen molar-refractivity contribution in [2.45, 2.75) is 39.2 Å². The first-order valence-electron chi connectivity index (χ1n) is 6.68. The highest BCUT2D eigenvalue weighted by Crippen LogP contribution is 2.27. The summed E-state index contributed by atoms with van der Waals surface area (Å²) in [6.07, 6.45) is 6.98. The summed E-state index contributed by atoms with van der Waals surface area (Å²) in [4.78, 5) is 7.47. The maximum Gasteiger partial charge on any atom is 0.103 e. The van der Waals surface area contributed by atoms with Crippen LogP contribution in [0.4, 0.5) is 5.69 Å². The smallest absolute Gasteiger partial charge is 0.103 e. The first kappa shape index (κ1) is 11.3. The summed E-state index contributed by atoms with van der Waals surface area (Å²) in [5.74, 6) is 0.974. The van der Waals surface area contributed by atoms with E-state index >= 15 is 0 Å². The average molecular weight is 241 g/mol. The highest BCUT2D eigenvalue weighted by molar-refractivity contribution is 5.55. The van der Waals surface area contributed by atoms with Crippen molar-refractivity contribution in [2.75, 3.05) is 5.32 Å². The molecule has 0 radical (unpaired) electrons. The number of hydrogen-bond acceptors (Lipinski definition) is 2. The Hall–Kier alpha value is -1.77. The Morgan fingerprint density at radius 3 is 3.00 bits per heavy atom. The van der Waals surface area contributed by atoms with Crippen LogP contribution >= 0.6 is 0 Å². The monoisotopic (exact) mass is 241 g/mol. The molecule has 3 nitrogen and oxygen atoms in total. The molecule has 0 saturated carbocycles. The topological polar surface area (TPSA) is 40.7 Å². The first-order chi connectivity index (χ1) is 8.83. The van der Waals surface area contributed by atoms with Gasteiger partial charge in [-0.05, 0) is 49.8 Å². The highest BCUT2D eigenvalue weighted by atomic mass is 15.0. The van der Waals surface area contributed by atoms with Crippen LogP contribution in [0.1, 0.15) is 35.5 Å². The molecule has 3 rings (SSSR count). The Bertz CT molecular complexity index is 542. The quantitative estimate of drug-likeness (QED) is 0.866. The van der Waals surface area contributed by atoms with Gasteiger partial charge in [-0.3, -0.25) is 0 Å². The van der Waals surface area contributed by atoms with E-state index in [0.717, 1.165) is 18.1 Å². The number of nitrogens with one attached hydrogen (secondary N) is 2. The van der Waals surface area contributed by atoms with Gasteiger partial charge in [0, 0.05) is 5.69 Å². The summed E-state index contributed by atoms with van der Waals surface area (Å²) in [6.45, 7) is 2.80. The predicted molar refractivity (Wildman–Crippen MR) is 73.7 cm³/mol. The van der Waals surface area contributed by atoms with Crippen molar-refractivity contribution in [3.8, 4) is 0 Å². The molecule has 94 valence electrons. The van der Waals surface area contributed by atoms with Crippen molar-refractivity contribution in [3.63, 3.8) is 0 Å². The van der Waals surface area contributed by atoms with Gasteiger partial charge in [0.15, 0.2) is 0 Å². The largest absolute Gasteiger partial charge is 0.379 e. The number of aromatic amines is 1. The molecule has 1 heterocycles. The van der Waals surface area contributed by atoms with Crippen molar-refractivity contribution in [1.82, 2.24) is 9.97 Å². The van der Waals surface area contributed by atoms with E-state index in [1.807, 2.05) is 13.1 Å². The van der Waals surface area contributed by atoms with Gasteiger partial charge in [-0.25, -0.2) is 4.98 Å². The molecule has 0 atom stereocenters. The Labute approximate surface area is 108 Å². The number of H-pyrrole nitrogens is 1. The fourth-order valence-corrected chi connectivity index (χ4v) is 2.70. The van der Waals surface area contributed by atoms with Gasteiger partial charge in [0.05, 0.1) is 18.4 Å². The molecule has 0 aliphatic heterocycles. The SMILES string of the molecule is Cc1ncc(CNc2cccc3c2CCCC3)[nH]1. The number of benzene rings is 1. The molecule has 2 aromatic rings. The van der Waals surface area contributed by atoms with Gasteiger partial charge >= 0.3 is 0 Å². The molecule has 0 amide bonds. The van der Waals surface area contributed by atoms with Crippen LogP contribution in [0.15, 0.2) is 24.4 Å². The summed E-state index contributed by atoms with van der Waals surface area (Å²) in [5, 5.41) is 3.53. The van der Waals surface area contributed by atoms with Crippen LogP contribution in [0.2, 0.25) is 0 Å². The second-order valence-corrected chi connectivity index (χ2v) is 5.00. The minimum Gasteiger partial charge on any atom is -0.379 e. The number of rotatable bonds is 3. The van der Waals surface area contributed by atoms with Crippen molar-refractivity contribution in [2.24, 2.45) is 0 Å². The van der Waals surface area contributed by atoms with Crippen molar-refractivity contribution in [1.29, 1.82) is 0 Å². The Morgan fingerprint density at radius 2 is 2.17 bits per heavy atom. The van der Waals surface area contributed by atoms with Crippen molar-refractivity contribution in [3.05, 3.63) is 47.0 Å². The van der Waals surface area contributed by atoms with Crippen LogP contribution in [-0.4, -0.2) is 9.97 Å². The van der Waals surface area contributed by atoms with Gasteiger partial charge in [-0.1, -0.05) is 12.1 Å². The summed E-state index contributed by atoms with van der Waals surface area (Å²) < 4.78 is 0. The zero-order valence-electron chi connectivity index (χ0n) is 10.8. The lowest BCUT2D eigenvalue weighted by Crippen LogP contribution is -2.08. The first-order valence-corrected chi connectivity index (χ1v) is 6.68. The maximum atomic E-state index is 4.22. The zero-order valence-corrected chi connectivity index (χ0v) is 10.8. The number of anilines is 1. The van der Waals surface area contributed by atoms with E-state index in [1.165, 1.54) is 42.5 Å². The number of fused-ring (bicyclic) bond motifs is 1. The molecule has 1 aromatic carbocycles. The number of hydrogen-bond donors (Lipinski definition) is 2. The normalized spacial score (nSPS) is 14.3. The van der Waals surface area contributed by atoms with E-state index in [2.05, 4.69) is 33.5 Å². The van der Waals surface area contributed by atoms with Crippen LogP contribution in [0.25, 0.3) is 0 Å². The van der Waals surface area contributed by atoms with Crippen LogP contribution in [-0.2, 0) is 19.4 Å². The zero-order chi connectivity index (χ0) is 12.4. The summed E-state index contributed by atoms with van der Waals surface area (Å²) >= 11 is 0. The van der Waals surface area contributed by atoms with Crippen molar-refractivity contribution < 1.29 is 0 Å². The van der Waals surface area contributed by atoms with Crippen LogP contribution < -0.4 is 5.32 Å². The maximum absolute atomic E-state index is 4.22. The van der Waals surface area contributed by atoms with E-state index in [9.17, 15) is 0 Å². The molecule has 2 N–H and O–H groups in total. The minimum atomic E-state index is 0.817. The predicted octanol–water partition coefficient (Wildman–Crippen LogP) is 3.21. The fraction of sp³-hybridized carbons (Fsp3) is 0.400. The standard InChI is InChI=1S/C15H19N3/c1-11-16-9-13(18-11)10-17-15-8-4-6-12-5-2-3-7-14(12)15/h4,6,8-9,17H,2-3,5,7,10H2,1H3,(H,16,18). The van der Waals surface area contributed by atoms with Crippen LogP contribution in [0, 0.1) is 6.92 Å². The summed E-state index contributed by atoms with van der Waals surface area (Å²) in [6, 6.07) is 6.61. The highest BCUT2D eigenvalue weighted by Gasteiger charge is 2.12. The number of aromatic nitrogens is 2. The fourth-order valence-electron chi connectivity index (χ4n) is 2.70. The third-order valence-corrected chi connectivity index (χ3v) is 3.62. The Morgan fingerprint density at radius 1 is 1.28 bits per heavy atom. The van der Waals surface area contributed by atoms with Crippen molar-refractivity contribution >= 4 is 5.69 Å². The molecule has 1 aromatic heterocycles. The van der Waals surface area contributed by atoms with E-state index in [-0.39, 0.29) is 0 Å². The number of aryl methyl sites for hydroxylation is 2. The average Bonchev–Trinajstić information content (AvgIpc) is 2.82. The molecule has 1 aliphatic carbocycles. The van der Waals surface area contributed by atoms with E-state index in [0.29, 0.717) is 0 Å². The van der Waals surface area contributed by atoms with E-state index in [4.69, 9.17) is 0 Å². The van der Waals surface area contributed by atoms with E-state index < -0.39 is 0 Å². The van der Waals surface area contributed by atoms with Gasteiger partial charge in [-0.2, -0.15) is 0 Å². The molecule has 3 heteroatoms. The third kappa shape index (κ3) is 2.26. The van der Waals surface area contributed by atoms with Gasteiger partial charge in [-0.15, -0.1) is 0 Å². The minimum absolute atomic E-state index is 0.817. The molecule has 0 spiro atoms. The molecule has 0 saturated heterocycles. The molecule has 0 unspecified atom stereocenters. The van der Waals surface area contributed by atoms with E-state index in [1.54, 1.807) is 0 Å². The van der Waals surface area contributed by atoms with Crippen LogP contribution in [0.3, 0.4) is 0 Å². The van der Waals surface area contributed by atoms with Gasteiger partial charge in [0.1, 0.15) is 5.82 Å². The number of imidazole rings is 1. The second-order valence-electron chi connectivity index (χ2n) is 5.00.